The topological polar surface area (TPSA) is 69.7 Å². The Morgan fingerprint density at radius 3 is 2.70 bits per heavy atom. The van der Waals surface area contributed by atoms with Crippen LogP contribution in [-0.4, -0.2) is 39.6 Å². The molecule has 0 aliphatic carbocycles. The second-order valence-corrected chi connectivity index (χ2v) is 6.45. The third-order valence-corrected chi connectivity index (χ3v) is 4.57. The largest absolute Gasteiger partial charge is 0.451 e. The molecule has 142 valence electrons. The van der Waals surface area contributed by atoms with Gasteiger partial charge in [-0.15, -0.1) is 0 Å². The molecule has 6 nitrogen and oxygen atoms in total. The summed E-state index contributed by atoms with van der Waals surface area (Å²) in [6.45, 7) is 1.98. The molecule has 0 bridgehead atoms. The zero-order valence-corrected chi connectivity index (χ0v) is 14.1. The van der Waals surface area contributed by atoms with Crippen molar-refractivity contribution >= 4 is 22.7 Å². The van der Waals surface area contributed by atoms with Crippen molar-refractivity contribution in [3.63, 3.8) is 0 Å². The van der Waals surface area contributed by atoms with E-state index >= 15 is 0 Å². The van der Waals surface area contributed by atoms with Crippen LogP contribution in [-0.2, 0) is 6.18 Å². The molecule has 0 radical (unpaired) electrons. The normalized spacial score (nSPS) is 17.6. The molecule has 3 aromatic rings. The van der Waals surface area contributed by atoms with E-state index in [0.29, 0.717) is 12.1 Å². The summed E-state index contributed by atoms with van der Waals surface area (Å²) in [5.41, 5.74) is 1.24. The average molecular weight is 380 g/mol. The molecule has 1 aromatic carbocycles. The number of halogens is 4. The van der Waals surface area contributed by atoms with Crippen molar-refractivity contribution in [2.24, 2.45) is 5.92 Å². The number of hydrogen-bond acceptors (Lipinski definition) is 5. The molecular weight excluding hydrogens is 364 g/mol. The first-order valence-electron chi connectivity index (χ1n) is 8.43. The minimum atomic E-state index is -4.64. The molecule has 3 heterocycles. The number of nitrogens with one attached hydrogen (secondary N) is 2. The Kier molecular flexibility index (Phi) is 4.33. The van der Waals surface area contributed by atoms with Crippen molar-refractivity contribution in [1.82, 2.24) is 19.9 Å². The Bertz CT molecular complexity index is 937. The Balaban J connectivity index is 1.46. The zero-order chi connectivity index (χ0) is 19.0. The summed E-state index contributed by atoms with van der Waals surface area (Å²) in [7, 11) is 0. The van der Waals surface area contributed by atoms with E-state index in [-0.39, 0.29) is 23.2 Å². The molecule has 1 aliphatic rings. The summed E-state index contributed by atoms with van der Waals surface area (Å²) < 4.78 is 52.0. The van der Waals surface area contributed by atoms with Crippen LogP contribution in [0.25, 0.3) is 11.2 Å². The van der Waals surface area contributed by atoms with Gasteiger partial charge in [0.1, 0.15) is 11.3 Å². The van der Waals surface area contributed by atoms with Crippen LogP contribution < -0.4 is 10.2 Å². The van der Waals surface area contributed by atoms with Crippen molar-refractivity contribution in [2.75, 3.05) is 29.9 Å². The molecule has 0 amide bonds. The van der Waals surface area contributed by atoms with Gasteiger partial charge in [0.15, 0.2) is 11.5 Å². The lowest BCUT2D eigenvalue weighted by molar-refractivity contribution is -0.144. The van der Waals surface area contributed by atoms with Crippen molar-refractivity contribution in [3.8, 4) is 0 Å². The van der Waals surface area contributed by atoms with Gasteiger partial charge in [-0.05, 0) is 36.6 Å². The van der Waals surface area contributed by atoms with Gasteiger partial charge in [-0.25, -0.2) is 19.3 Å². The van der Waals surface area contributed by atoms with E-state index in [9.17, 15) is 17.6 Å². The van der Waals surface area contributed by atoms with Gasteiger partial charge in [0, 0.05) is 25.3 Å². The standard InChI is InChI=1S/C17H16F4N6/c18-11-1-3-12(4-2-11)27-6-5-10(8-27)7-22-14-13-15(24-9-23-13)26-16(25-14)17(19,20)21/h1-4,9-10H,5-8H2,(H2,22,23,24,25,26). The Hall–Kier alpha value is -2.91. The molecule has 1 fully saturated rings. The lowest BCUT2D eigenvalue weighted by Gasteiger charge is -2.19. The minimum absolute atomic E-state index is 0.0285. The SMILES string of the molecule is Fc1ccc(N2CCC(CNc3nc(C(F)(F)F)nc4nc[nH]c34)C2)cc1. The first-order chi connectivity index (χ1) is 12.9. The molecule has 0 saturated carbocycles. The maximum Gasteiger partial charge on any atom is 0.451 e. The van der Waals surface area contributed by atoms with Crippen LogP contribution in [0.5, 0.6) is 0 Å². The van der Waals surface area contributed by atoms with Crippen molar-refractivity contribution in [1.29, 1.82) is 0 Å². The van der Waals surface area contributed by atoms with Crippen LogP contribution in [0.15, 0.2) is 30.6 Å². The molecule has 2 N–H and O–H groups in total. The highest BCUT2D eigenvalue weighted by Crippen LogP contribution is 2.30. The first-order valence-corrected chi connectivity index (χ1v) is 8.43. The van der Waals surface area contributed by atoms with Gasteiger partial charge in [-0.2, -0.15) is 13.2 Å². The molecule has 1 saturated heterocycles. The summed E-state index contributed by atoms with van der Waals surface area (Å²) in [4.78, 5) is 15.8. The van der Waals surface area contributed by atoms with Gasteiger partial charge in [0.25, 0.3) is 0 Å². The number of nitrogens with zero attached hydrogens (tertiary/aromatic N) is 4. The van der Waals surface area contributed by atoms with Gasteiger partial charge in [0.2, 0.25) is 5.82 Å². The van der Waals surface area contributed by atoms with Crippen LogP contribution in [0, 0.1) is 11.7 Å². The lowest BCUT2D eigenvalue weighted by atomic mass is 10.1. The number of benzene rings is 1. The Morgan fingerprint density at radius 1 is 1.19 bits per heavy atom. The van der Waals surface area contributed by atoms with Crippen molar-refractivity contribution in [2.45, 2.75) is 12.6 Å². The molecule has 27 heavy (non-hydrogen) atoms. The van der Waals surface area contributed by atoms with Crippen LogP contribution in [0.2, 0.25) is 0 Å². The third kappa shape index (κ3) is 3.64. The van der Waals surface area contributed by atoms with Crippen LogP contribution >= 0.6 is 0 Å². The number of H-pyrrole nitrogens is 1. The number of aromatic nitrogens is 4. The molecule has 4 rings (SSSR count). The van der Waals surface area contributed by atoms with Crippen molar-refractivity contribution in [3.05, 3.63) is 42.2 Å². The molecular formula is C17H16F4N6. The van der Waals surface area contributed by atoms with Gasteiger partial charge < -0.3 is 15.2 Å². The molecule has 10 heteroatoms. The zero-order valence-electron chi connectivity index (χ0n) is 14.1. The maximum atomic E-state index is 13.0. The number of hydrogen-bond donors (Lipinski definition) is 2. The number of alkyl halides is 3. The summed E-state index contributed by atoms with van der Waals surface area (Å²) in [5.74, 6) is -1.20. The van der Waals surface area contributed by atoms with E-state index in [4.69, 9.17) is 0 Å². The fourth-order valence-corrected chi connectivity index (χ4v) is 3.21. The van der Waals surface area contributed by atoms with Crippen LogP contribution in [0.4, 0.5) is 29.1 Å². The highest BCUT2D eigenvalue weighted by Gasteiger charge is 2.36. The van der Waals surface area contributed by atoms with Crippen molar-refractivity contribution < 1.29 is 17.6 Å². The van der Waals surface area contributed by atoms with E-state index in [2.05, 4.69) is 30.2 Å². The summed E-state index contributed by atoms with van der Waals surface area (Å²) in [6, 6.07) is 6.27. The average Bonchev–Trinajstić information content (AvgIpc) is 3.28. The number of fused-ring (bicyclic) bond motifs is 1. The first kappa shape index (κ1) is 17.5. The van der Waals surface area contributed by atoms with E-state index < -0.39 is 12.0 Å². The second kappa shape index (κ2) is 6.67. The summed E-state index contributed by atoms with van der Waals surface area (Å²) in [5, 5.41) is 3.00. The maximum absolute atomic E-state index is 13.0. The smallest absolute Gasteiger partial charge is 0.371 e. The Morgan fingerprint density at radius 2 is 1.96 bits per heavy atom. The number of imidazole rings is 1. The third-order valence-electron chi connectivity index (χ3n) is 4.57. The minimum Gasteiger partial charge on any atom is -0.371 e. The van der Waals surface area contributed by atoms with E-state index in [1.807, 2.05) is 0 Å². The summed E-state index contributed by atoms with van der Waals surface area (Å²) >= 11 is 0. The number of aromatic amines is 1. The summed E-state index contributed by atoms with van der Waals surface area (Å²) in [6.07, 6.45) is -2.49. The molecule has 2 aromatic heterocycles. The van der Waals surface area contributed by atoms with Gasteiger partial charge in [-0.1, -0.05) is 0 Å². The predicted octanol–water partition coefficient (Wildman–Crippen LogP) is 3.45. The molecule has 1 unspecified atom stereocenters. The van der Waals surface area contributed by atoms with Crippen LogP contribution in [0.1, 0.15) is 12.2 Å². The Labute approximate surface area is 151 Å². The number of rotatable bonds is 4. The lowest BCUT2D eigenvalue weighted by Crippen LogP contribution is -2.23. The van der Waals surface area contributed by atoms with E-state index in [1.54, 1.807) is 12.1 Å². The number of anilines is 2. The van der Waals surface area contributed by atoms with E-state index in [0.717, 1.165) is 25.2 Å². The van der Waals surface area contributed by atoms with Gasteiger partial charge in [-0.3, -0.25) is 0 Å². The fraction of sp³-hybridized carbons (Fsp3) is 0.353. The highest BCUT2D eigenvalue weighted by atomic mass is 19.4. The van der Waals surface area contributed by atoms with Gasteiger partial charge >= 0.3 is 6.18 Å². The fourth-order valence-electron chi connectivity index (χ4n) is 3.21. The highest BCUT2D eigenvalue weighted by molar-refractivity contribution is 5.82. The van der Waals surface area contributed by atoms with E-state index in [1.165, 1.54) is 18.5 Å². The molecule has 0 spiro atoms. The monoisotopic (exact) mass is 380 g/mol. The van der Waals surface area contributed by atoms with Gasteiger partial charge in [0.05, 0.1) is 6.33 Å². The molecule has 1 atom stereocenters. The molecule has 1 aliphatic heterocycles. The second-order valence-electron chi connectivity index (χ2n) is 6.45. The van der Waals surface area contributed by atoms with Crippen LogP contribution in [0.3, 0.4) is 0 Å². The predicted molar refractivity (Wildman–Crippen MR) is 91.9 cm³/mol. The quantitative estimate of drug-likeness (QED) is 0.679.